The number of nitrogens with zero attached hydrogens (tertiary/aromatic N) is 5. The molecule has 0 radical (unpaired) electrons. The molecule has 0 aliphatic heterocycles. The number of unbranched alkanes of at least 4 members (excludes halogenated alkanes) is 3. The summed E-state index contributed by atoms with van der Waals surface area (Å²) in [6.45, 7) is 5.87. The number of hydrazone groups is 1. The standard InChI is InChI=1S/C25H29BrN6O/c1-3-5-6-9-14-32-21-11-8-7-10-20(21)23-24(32)28-25(31-29-23)30-27-17-18-16-19(26)12-13-22(18)33-15-4-2/h7-8,10-13,16-17H,3-6,9,14-15H2,1-2H3,(H,28,30,31)/b27-17+. The number of hydrogen-bond donors (Lipinski definition) is 1. The van der Waals surface area contributed by atoms with Gasteiger partial charge in [0.2, 0.25) is 0 Å². The van der Waals surface area contributed by atoms with Crippen molar-refractivity contribution >= 4 is 50.2 Å². The van der Waals surface area contributed by atoms with Gasteiger partial charge in [-0.15, -0.1) is 10.2 Å². The molecule has 0 aliphatic rings. The summed E-state index contributed by atoms with van der Waals surface area (Å²) in [5.41, 5.74) is 6.59. The quantitative estimate of drug-likeness (QED) is 0.141. The van der Waals surface area contributed by atoms with Crippen LogP contribution in [0.15, 0.2) is 52.0 Å². The molecule has 0 spiro atoms. The summed E-state index contributed by atoms with van der Waals surface area (Å²) in [7, 11) is 0. The van der Waals surface area contributed by atoms with Crippen LogP contribution in [0.4, 0.5) is 5.95 Å². The van der Waals surface area contributed by atoms with E-state index in [9.17, 15) is 0 Å². The molecule has 4 aromatic rings. The lowest BCUT2D eigenvalue weighted by molar-refractivity contribution is 0.317. The third kappa shape index (κ3) is 5.50. The largest absolute Gasteiger partial charge is 0.493 e. The molecular weight excluding hydrogens is 480 g/mol. The second-order valence-corrected chi connectivity index (χ2v) is 8.85. The van der Waals surface area contributed by atoms with Crippen molar-refractivity contribution in [1.82, 2.24) is 19.7 Å². The molecule has 0 bridgehead atoms. The fourth-order valence-electron chi connectivity index (χ4n) is 3.80. The summed E-state index contributed by atoms with van der Waals surface area (Å²) in [6.07, 6.45) is 7.42. The zero-order valence-corrected chi connectivity index (χ0v) is 20.7. The Morgan fingerprint density at radius 2 is 1.94 bits per heavy atom. The fraction of sp³-hybridized carbons (Fsp3) is 0.360. The molecule has 0 saturated heterocycles. The predicted molar refractivity (Wildman–Crippen MR) is 138 cm³/mol. The Labute approximate surface area is 202 Å². The first-order valence-corrected chi connectivity index (χ1v) is 12.3. The lowest BCUT2D eigenvalue weighted by Crippen LogP contribution is -2.04. The van der Waals surface area contributed by atoms with Crippen molar-refractivity contribution < 1.29 is 4.74 Å². The summed E-state index contributed by atoms with van der Waals surface area (Å²) in [5, 5.41) is 14.2. The average molecular weight is 509 g/mol. The van der Waals surface area contributed by atoms with Crippen molar-refractivity contribution in [2.45, 2.75) is 52.5 Å². The number of benzene rings is 2. The minimum atomic E-state index is 0.363. The molecule has 172 valence electrons. The minimum absolute atomic E-state index is 0.363. The van der Waals surface area contributed by atoms with Crippen LogP contribution < -0.4 is 10.2 Å². The number of hydrogen-bond acceptors (Lipinski definition) is 6. The highest BCUT2D eigenvalue weighted by Gasteiger charge is 2.14. The van der Waals surface area contributed by atoms with E-state index in [1.807, 2.05) is 24.3 Å². The number of para-hydroxylation sites is 1. The second-order valence-electron chi connectivity index (χ2n) is 7.94. The molecule has 1 N–H and O–H groups in total. The molecule has 0 amide bonds. The molecule has 8 heteroatoms. The van der Waals surface area contributed by atoms with Crippen LogP contribution in [0.1, 0.15) is 51.5 Å². The number of aryl methyl sites for hydroxylation is 1. The van der Waals surface area contributed by atoms with Gasteiger partial charge in [0.15, 0.2) is 5.65 Å². The Morgan fingerprint density at radius 1 is 1.06 bits per heavy atom. The van der Waals surface area contributed by atoms with E-state index in [0.717, 1.165) is 57.2 Å². The van der Waals surface area contributed by atoms with Crippen LogP contribution in [0.25, 0.3) is 22.1 Å². The van der Waals surface area contributed by atoms with Gasteiger partial charge in [0, 0.05) is 22.0 Å². The number of fused-ring (bicyclic) bond motifs is 3. The van der Waals surface area contributed by atoms with Gasteiger partial charge in [0.05, 0.1) is 18.3 Å². The maximum atomic E-state index is 5.82. The van der Waals surface area contributed by atoms with Crippen molar-refractivity contribution in [2.75, 3.05) is 12.0 Å². The van der Waals surface area contributed by atoms with Crippen molar-refractivity contribution in [3.05, 3.63) is 52.5 Å². The Hall–Kier alpha value is -3.00. The maximum Gasteiger partial charge on any atom is 0.265 e. The molecule has 4 rings (SSSR count). The lowest BCUT2D eigenvalue weighted by Gasteiger charge is -2.08. The van der Waals surface area contributed by atoms with E-state index in [-0.39, 0.29) is 0 Å². The van der Waals surface area contributed by atoms with Gasteiger partial charge in [-0.25, -0.2) is 5.43 Å². The van der Waals surface area contributed by atoms with E-state index < -0.39 is 0 Å². The SMILES string of the molecule is CCCCCCn1c2ccccc2c2nnc(N/N=C/c3cc(Br)ccc3OCCC)nc21. The zero-order chi connectivity index (χ0) is 23.0. The molecule has 0 fully saturated rings. The summed E-state index contributed by atoms with van der Waals surface area (Å²) in [6, 6.07) is 14.1. The van der Waals surface area contributed by atoms with Gasteiger partial charge in [-0.3, -0.25) is 0 Å². The molecule has 7 nitrogen and oxygen atoms in total. The Kier molecular flexibility index (Phi) is 7.88. The number of ether oxygens (including phenoxy) is 1. The molecule has 0 unspecified atom stereocenters. The maximum absolute atomic E-state index is 5.82. The van der Waals surface area contributed by atoms with Gasteiger partial charge < -0.3 is 9.30 Å². The van der Waals surface area contributed by atoms with Crippen LogP contribution in [-0.2, 0) is 6.54 Å². The average Bonchev–Trinajstić information content (AvgIpc) is 3.14. The van der Waals surface area contributed by atoms with Crippen LogP contribution in [0.3, 0.4) is 0 Å². The van der Waals surface area contributed by atoms with Crippen molar-refractivity contribution in [2.24, 2.45) is 5.10 Å². The summed E-state index contributed by atoms with van der Waals surface area (Å²) in [5.74, 6) is 1.15. The normalized spacial score (nSPS) is 11.6. The van der Waals surface area contributed by atoms with Gasteiger partial charge in [-0.05, 0) is 37.1 Å². The topological polar surface area (TPSA) is 77.2 Å². The van der Waals surface area contributed by atoms with Gasteiger partial charge >= 0.3 is 0 Å². The number of rotatable bonds is 11. The number of aromatic nitrogens is 4. The number of halogens is 1. The molecular formula is C25H29BrN6O. The molecule has 2 aromatic heterocycles. The van der Waals surface area contributed by atoms with Crippen LogP contribution in [-0.4, -0.2) is 32.6 Å². The molecule has 0 aliphatic carbocycles. The molecule has 0 atom stereocenters. The predicted octanol–water partition coefficient (Wildman–Crippen LogP) is 6.56. The monoisotopic (exact) mass is 508 g/mol. The summed E-state index contributed by atoms with van der Waals surface area (Å²) >= 11 is 3.51. The number of anilines is 1. The van der Waals surface area contributed by atoms with Crippen molar-refractivity contribution in [3.8, 4) is 5.75 Å². The third-order valence-corrected chi connectivity index (χ3v) is 5.90. The smallest absolute Gasteiger partial charge is 0.265 e. The lowest BCUT2D eigenvalue weighted by atomic mass is 10.2. The molecule has 33 heavy (non-hydrogen) atoms. The van der Waals surface area contributed by atoms with E-state index in [4.69, 9.17) is 9.72 Å². The van der Waals surface area contributed by atoms with Crippen molar-refractivity contribution in [3.63, 3.8) is 0 Å². The van der Waals surface area contributed by atoms with Crippen LogP contribution in [0, 0.1) is 0 Å². The third-order valence-electron chi connectivity index (χ3n) is 5.41. The van der Waals surface area contributed by atoms with Crippen LogP contribution >= 0.6 is 15.9 Å². The first-order chi connectivity index (χ1) is 16.2. The van der Waals surface area contributed by atoms with Gasteiger partial charge in [0.25, 0.3) is 5.95 Å². The highest BCUT2D eigenvalue weighted by Crippen LogP contribution is 2.27. The highest BCUT2D eigenvalue weighted by molar-refractivity contribution is 9.10. The fourth-order valence-corrected chi connectivity index (χ4v) is 4.18. The first kappa shape index (κ1) is 23.2. The van der Waals surface area contributed by atoms with E-state index in [2.05, 4.69) is 73.3 Å². The Morgan fingerprint density at radius 3 is 2.79 bits per heavy atom. The molecule has 0 saturated carbocycles. The van der Waals surface area contributed by atoms with Gasteiger partial charge in [-0.2, -0.15) is 10.1 Å². The molecule has 2 heterocycles. The van der Waals surface area contributed by atoms with Gasteiger partial charge in [-0.1, -0.05) is 67.2 Å². The van der Waals surface area contributed by atoms with Crippen LogP contribution in [0.2, 0.25) is 0 Å². The van der Waals surface area contributed by atoms with Crippen LogP contribution in [0.5, 0.6) is 5.75 Å². The van der Waals surface area contributed by atoms with E-state index in [0.29, 0.717) is 12.6 Å². The van der Waals surface area contributed by atoms with Crippen molar-refractivity contribution in [1.29, 1.82) is 0 Å². The van der Waals surface area contributed by atoms with E-state index >= 15 is 0 Å². The summed E-state index contributed by atoms with van der Waals surface area (Å²) in [4.78, 5) is 4.76. The highest BCUT2D eigenvalue weighted by atomic mass is 79.9. The van der Waals surface area contributed by atoms with E-state index in [1.54, 1.807) is 6.21 Å². The molecule has 2 aromatic carbocycles. The first-order valence-electron chi connectivity index (χ1n) is 11.5. The zero-order valence-electron chi connectivity index (χ0n) is 19.1. The van der Waals surface area contributed by atoms with E-state index in [1.165, 1.54) is 19.3 Å². The number of nitrogens with one attached hydrogen (secondary N) is 1. The summed E-state index contributed by atoms with van der Waals surface area (Å²) < 4.78 is 9.02. The minimum Gasteiger partial charge on any atom is -0.493 e. The van der Waals surface area contributed by atoms with Gasteiger partial charge in [0.1, 0.15) is 11.3 Å². The Bertz CT molecular complexity index is 1250. The Balaban J connectivity index is 1.59. The second kappa shape index (κ2) is 11.2.